The summed E-state index contributed by atoms with van der Waals surface area (Å²) < 4.78 is 20.5. The van der Waals surface area contributed by atoms with E-state index in [2.05, 4.69) is 10.6 Å². The van der Waals surface area contributed by atoms with E-state index in [0.717, 1.165) is 4.88 Å². The highest BCUT2D eigenvalue weighted by Crippen LogP contribution is 2.22. The Balaban J connectivity index is 1.81. The van der Waals surface area contributed by atoms with Crippen LogP contribution in [0.5, 0.6) is 0 Å². The van der Waals surface area contributed by atoms with E-state index in [4.69, 9.17) is 4.74 Å². The Labute approximate surface area is 201 Å². The number of hydrogen-bond acceptors (Lipinski definition) is 5. The number of carbonyl (C=O) groups excluding carboxylic acids is 2. The molecule has 0 aliphatic heterocycles. The van der Waals surface area contributed by atoms with Crippen molar-refractivity contribution in [2.24, 2.45) is 0 Å². The molecule has 1 atom stereocenters. The minimum Gasteiger partial charge on any atom is -0.383 e. The molecule has 2 amide bonds. The SMILES string of the molecule is CC[C@@H](NC(=O)c1cn(CCOC)cc(C(=O)NCCc2ccccc2F)c1=O)c1cccs1. The van der Waals surface area contributed by atoms with Crippen LogP contribution in [0.2, 0.25) is 0 Å². The van der Waals surface area contributed by atoms with Crippen LogP contribution >= 0.6 is 11.3 Å². The van der Waals surface area contributed by atoms with Gasteiger partial charge in [-0.15, -0.1) is 11.3 Å². The quantitative estimate of drug-likeness (QED) is 0.435. The molecule has 9 heteroatoms. The van der Waals surface area contributed by atoms with Crippen molar-refractivity contribution in [1.29, 1.82) is 0 Å². The lowest BCUT2D eigenvalue weighted by molar-refractivity contribution is 0.0934. The number of halogens is 1. The van der Waals surface area contributed by atoms with Gasteiger partial charge >= 0.3 is 0 Å². The van der Waals surface area contributed by atoms with Gasteiger partial charge in [-0.05, 0) is 35.9 Å². The number of benzene rings is 1. The zero-order valence-corrected chi connectivity index (χ0v) is 20.0. The maximum atomic E-state index is 13.8. The molecule has 0 radical (unpaired) electrons. The van der Waals surface area contributed by atoms with Crippen LogP contribution in [-0.4, -0.2) is 36.6 Å². The van der Waals surface area contributed by atoms with Gasteiger partial charge < -0.3 is 19.9 Å². The summed E-state index contributed by atoms with van der Waals surface area (Å²) in [5.74, 6) is -1.52. The summed E-state index contributed by atoms with van der Waals surface area (Å²) in [6.45, 7) is 2.78. The van der Waals surface area contributed by atoms with Gasteiger partial charge in [0.2, 0.25) is 5.43 Å². The average Bonchev–Trinajstić information content (AvgIpc) is 3.37. The molecule has 3 rings (SSSR count). The van der Waals surface area contributed by atoms with Gasteiger partial charge in [0.05, 0.1) is 12.6 Å². The van der Waals surface area contributed by atoms with Crippen LogP contribution in [0.1, 0.15) is 50.5 Å². The van der Waals surface area contributed by atoms with Crippen LogP contribution in [0, 0.1) is 5.82 Å². The van der Waals surface area contributed by atoms with Crippen LogP contribution in [-0.2, 0) is 17.7 Å². The Kier molecular flexibility index (Phi) is 9.12. The standard InChI is InChI=1S/C25H28FN3O4S/c1-3-21(22-9-6-14-34-22)28-25(32)19-16-29(12-13-33-2)15-18(23(19)30)24(31)27-11-10-17-7-4-5-8-20(17)26/h4-9,14-16,21H,3,10-13H2,1-2H3,(H,27,31)(H,28,32)/t21-/m1/s1. The Morgan fingerprint density at radius 1 is 1.12 bits per heavy atom. The molecule has 0 aliphatic carbocycles. The van der Waals surface area contributed by atoms with Crippen LogP contribution in [0.25, 0.3) is 0 Å². The van der Waals surface area contributed by atoms with E-state index in [1.165, 1.54) is 29.8 Å². The predicted molar refractivity (Wildman–Crippen MR) is 130 cm³/mol. The van der Waals surface area contributed by atoms with E-state index in [0.29, 0.717) is 25.1 Å². The minimum atomic E-state index is -0.657. The van der Waals surface area contributed by atoms with Crippen molar-refractivity contribution in [3.63, 3.8) is 0 Å². The van der Waals surface area contributed by atoms with Crippen molar-refractivity contribution in [2.45, 2.75) is 32.4 Å². The van der Waals surface area contributed by atoms with Gasteiger partial charge in [0.1, 0.15) is 16.9 Å². The van der Waals surface area contributed by atoms with E-state index < -0.39 is 17.2 Å². The molecule has 180 valence electrons. The number of amides is 2. The number of methoxy groups -OCH3 is 1. The molecule has 0 unspecified atom stereocenters. The first kappa shape index (κ1) is 25.3. The lowest BCUT2D eigenvalue weighted by Gasteiger charge is -2.17. The zero-order valence-electron chi connectivity index (χ0n) is 19.2. The van der Waals surface area contributed by atoms with Gasteiger partial charge in [-0.2, -0.15) is 0 Å². The number of thiophene rings is 1. The largest absolute Gasteiger partial charge is 0.383 e. The fourth-order valence-electron chi connectivity index (χ4n) is 3.49. The van der Waals surface area contributed by atoms with Crippen molar-refractivity contribution in [3.8, 4) is 0 Å². The summed E-state index contributed by atoms with van der Waals surface area (Å²) in [7, 11) is 1.54. The zero-order chi connectivity index (χ0) is 24.5. The monoisotopic (exact) mass is 485 g/mol. The van der Waals surface area contributed by atoms with Gasteiger partial charge in [-0.1, -0.05) is 31.2 Å². The highest BCUT2D eigenvalue weighted by molar-refractivity contribution is 7.10. The summed E-state index contributed by atoms with van der Waals surface area (Å²) in [4.78, 5) is 40.0. The van der Waals surface area contributed by atoms with E-state index >= 15 is 0 Å². The second-order valence-electron chi connectivity index (χ2n) is 7.69. The Hall–Kier alpha value is -3.30. The molecule has 7 nitrogen and oxygen atoms in total. The summed E-state index contributed by atoms with van der Waals surface area (Å²) in [5, 5.41) is 7.48. The Bertz CT molecular complexity index is 1180. The number of nitrogens with one attached hydrogen (secondary N) is 2. The smallest absolute Gasteiger partial charge is 0.257 e. The van der Waals surface area contributed by atoms with Gasteiger partial charge in [0.25, 0.3) is 11.8 Å². The van der Waals surface area contributed by atoms with E-state index in [-0.39, 0.29) is 36.0 Å². The third-order valence-electron chi connectivity index (χ3n) is 5.36. The second-order valence-corrected chi connectivity index (χ2v) is 8.67. The first-order valence-corrected chi connectivity index (χ1v) is 11.9. The molecule has 0 spiro atoms. The molecule has 0 fully saturated rings. The first-order valence-electron chi connectivity index (χ1n) is 11.0. The van der Waals surface area contributed by atoms with Crippen LogP contribution in [0.3, 0.4) is 0 Å². The van der Waals surface area contributed by atoms with Crippen molar-refractivity contribution < 1.29 is 18.7 Å². The molecule has 1 aromatic carbocycles. The molecule has 2 aromatic heterocycles. The molecule has 0 saturated carbocycles. The summed E-state index contributed by atoms with van der Waals surface area (Å²) in [6.07, 6.45) is 3.77. The number of carbonyl (C=O) groups is 2. The maximum Gasteiger partial charge on any atom is 0.257 e. The van der Waals surface area contributed by atoms with Gasteiger partial charge in [-0.3, -0.25) is 14.4 Å². The molecule has 0 bridgehead atoms. The lowest BCUT2D eigenvalue weighted by Crippen LogP contribution is -2.37. The minimum absolute atomic E-state index is 0.118. The molecule has 0 aliphatic rings. The number of pyridine rings is 1. The highest BCUT2D eigenvalue weighted by Gasteiger charge is 2.22. The molecule has 2 N–H and O–H groups in total. The maximum absolute atomic E-state index is 13.8. The van der Waals surface area contributed by atoms with Crippen LogP contribution in [0.4, 0.5) is 4.39 Å². The molecule has 0 saturated heterocycles. The van der Waals surface area contributed by atoms with Gasteiger partial charge in [-0.25, -0.2) is 4.39 Å². The van der Waals surface area contributed by atoms with Crippen molar-refractivity contribution in [3.05, 3.63) is 91.8 Å². The summed E-state index contributed by atoms with van der Waals surface area (Å²) >= 11 is 1.52. The molecule has 2 heterocycles. The number of nitrogens with zero attached hydrogens (tertiary/aromatic N) is 1. The lowest BCUT2D eigenvalue weighted by atomic mass is 10.1. The van der Waals surface area contributed by atoms with Gasteiger partial charge in [0, 0.05) is 37.5 Å². The van der Waals surface area contributed by atoms with E-state index in [9.17, 15) is 18.8 Å². The Morgan fingerprint density at radius 3 is 2.50 bits per heavy atom. The van der Waals surface area contributed by atoms with E-state index in [1.807, 2.05) is 24.4 Å². The van der Waals surface area contributed by atoms with Crippen molar-refractivity contribution in [1.82, 2.24) is 15.2 Å². The van der Waals surface area contributed by atoms with Gasteiger partial charge in [0.15, 0.2) is 0 Å². The summed E-state index contributed by atoms with van der Waals surface area (Å²) in [6, 6.07) is 9.90. The average molecular weight is 486 g/mol. The topological polar surface area (TPSA) is 89.4 Å². The number of aromatic nitrogens is 1. The third kappa shape index (κ3) is 6.39. The molecule has 34 heavy (non-hydrogen) atoms. The third-order valence-corrected chi connectivity index (χ3v) is 6.35. The number of hydrogen-bond donors (Lipinski definition) is 2. The molecular weight excluding hydrogens is 457 g/mol. The van der Waals surface area contributed by atoms with Crippen LogP contribution in [0.15, 0.2) is 59.0 Å². The predicted octanol–water partition coefficient (Wildman–Crippen LogP) is 3.55. The number of rotatable bonds is 11. The fourth-order valence-corrected chi connectivity index (χ4v) is 4.35. The van der Waals surface area contributed by atoms with E-state index in [1.54, 1.807) is 29.9 Å². The molecule has 3 aromatic rings. The highest BCUT2D eigenvalue weighted by atomic mass is 32.1. The fraction of sp³-hybridized carbons (Fsp3) is 0.320. The second kappa shape index (κ2) is 12.2. The van der Waals surface area contributed by atoms with Crippen molar-refractivity contribution >= 4 is 23.2 Å². The number of ether oxygens (including phenoxy) is 1. The Morgan fingerprint density at radius 2 is 1.85 bits per heavy atom. The van der Waals surface area contributed by atoms with Crippen LogP contribution < -0.4 is 16.1 Å². The summed E-state index contributed by atoms with van der Waals surface area (Å²) in [5.41, 5.74) is -0.461. The molecular formula is C25H28FN3O4S. The normalized spacial score (nSPS) is 11.7. The first-order chi connectivity index (χ1) is 16.4. The van der Waals surface area contributed by atoms with Crippen molar-refractivity contribution in [2.75, 3.05) is 20.3 Å².